The van der Waals surface area contributed by atoms with Crippen LogP contribution in [0.3, 0.4) is 0 Å². The highest BCUT2D eigenvalue weighted by Gasteiger charge is 2.27. The summed E-state index contributed by atoms with van der Waals surface area (Å²) >= 11 is 0. The Labute approximate surface area is 171 Å². The van der Waals surface area contributed by atoms with Crippen LogP contribution >= 0.6 is 0 Å². The Morgan fingerprint density at radius 2 is 1.38 bits per heavy atom. The van der Waals surface area contributed by atoms with E-state index in [1.807, 2.05) is 60.7 Å². The van der Waals surface area contributed by atoms with Gasteiger partial charge in [0.25, 0.3) is 0 Å². The van der Waals surface area contributed by atoms with Gasteiger partial charge in [-0.3, -0.25) is 9.69 Å². The first-order chi connectivity index (χ1) is 14.2. The molecule has 0 radical (unpaired) electrons. The number of piperazine rings is 1. The van der Waals surface area contributed by atoms with Gasteiger partial charge in [-0.25, -0.2) is 4.39 Å². The predicted molar refractivity (Wildman–Crippen MR) is 115 cm³/mol. The molecule has 0 bridgehead atoms. The molecule has 0 N–H and O–H groups in total. The van der Waals surface area contributed by atoms with E-state index >= 15 is 0 Å². The molecule has 0 aliphatic carbocycles. The fourth-order valence-corrected chi connectivity index (χ4v) is 3.99. The third-order valence-electron chi connectivity index (χ3n) is 5.61. The van der Waals surface area contributed by atoms with Gasteiger partial charge in [0.2, 0.25) is 0 Å². The molecule has 4 heteroatoms. The molecule has 0 spiro atoms. The number of Topliss-reactive ketones (excluding diaryl/α,β-unsaturated/α-hetero) is 1. The molecule has 0 amide bonds. The number of carbonyl (C=O) groups is 1. The maximum Gasteiger partial charge on any atom is 0.164 e. The number of anilines is 1. The molecule has 4 rings (SSSR count). The lowest BCUT2D eigenvalue weighted by Crippen LogP contribution is -2.48. The number of rotatable bonds is 6. The Bertz CT molecular complexity index is 920. The molecule has 1 aliphatic heterocycles. The van der Waals surface area contributed by atoms with E-state index in [9.17, 15) is 9.18 Å². The molecule has 1 atom stereocenters. The summed E-state index contributed by atoms with van der Waals surface area (Å²) in [6.45, 7) is 3.43. The monoisotopic (exact) mass is 388 g/mol. The van der Waals surface area contributed by atoms with E-state index in [4.69, 9.17) is 0 Å². The number of benzene rings is 3. The fraction of sp³-hybridized carbons (Fsp3) is 0.240. The van der Waals surface area contributed by atoms with Crippen LogP contribution in [0.4, 0.5) is 10.1 Å². The highest BCUT2D eigenvalue weighted by Crippen LogP contribution is 2.28. The van der Waals surface area contributed by atoms with Crippen molar-refractivity contribution in [3.05, 3.63) is 102 Å². The largest absolute Gasteiger partial charge is 0.369 e. The smallest absolute Gasteiger partial charge is 0.164 e. The van der Waals surface area contributed by atoms with Crippen LogP contribution in [0.5, 0.6) is 0 Å². The van der Waals surface area contributed by atoms with Crippen molar-refractivity contribution in [3.8, 4) is 0 Å². The van der Waals surface area contributed by atoms with Crippen LogP contribution in [-0.4, -0.2) is 36.9 Å². The Balaban J connectivity index is 1.48. The van der Waals surface area contributed by atoms with E-state index in [1.54, 1.807) is 0 Å². The van der Waals surface area contributed by atoms with Gasteiger partial charge in [-0.05, 0) is 29.8 Å². The van der Waals surface area contributed by atoms with Gasteiger partial charge in [0.05, 0.1) is 0 Å². The normalized spacial score (nSPS) is 15.8. The van der Waals surface area contributed by atoms with Gasteiger partial charge in [0.15, 0.2) is 5.78 Å². The molecular weight excluding hydrogens is 363 g/mol. The van der Waals surface area contributed by atoms with Crippen molar-refractivity contribution < 1.29 is 9.18 Å². The van der Waals surface area contributed by atoms with Gasteiger partial charge >= 0.3 is 0 Å². The second-order valence-corrected chi connectivity index (χ2v) is 7.42. The summed E-state index contributed by atoms with van der Waals surface area (Å²) in [7, 11) is 0. The quantitative estimate of drug-likeness (QED) is 0.558. The second-order valence-electron chi connectivity index (χ2n) is 7.42. The van der Waals surface area contributed by atoms with Crippen molar-refractivity contribution in [2.24, 2.45) is 0 Å². The minimum absolute atomic E-state index is 0.0549. The Morgan fingerprint density at radius 3 is 2.00 bits per heavy atom. The summed E-state index contributed by atoms with van der Waals surface area (Å²) in [5, 5.41) is 0. The molecule has 0 unspecified atom stereocenters. The third kappa shape index (κ3) is 4.72. The van der Waals surface area contributed by atoms with Crippen molar-refractivity contribution >= 4 is 11.5 Å². The van der Waals surface area contributed by atoms with Gasteiger partial charge in [-0.15, -0.1) is 0 Å². The summed E-state index contributed by atoms with van der Waals surface area (Å²) in [4.78, 5) is 17.6. The first kappa shape index (κ1) is 19.3. The number of hydrogen-bond donors (Lipinski definition) is 0. The van der Waals surface area contributed by atoms with Crippen molar-refractivity contribution in [2.45, 2.75) is 12.5 Å². The highest BCUT2D eigenvalue weighted by molar-refractivity contribution is 5.96. The maximum atomic E-state index is 13.2. The van der Waals surface area contributed by atoms with Crippen LogP contribution in [0.15, 0.2) is 84.9 Å². The molecule has 3 aromatic carbocycles. The predicted octanol–water partition coefficient (Wildman–Crippen LogP) is 4.96. The van der Waals surface area contributed by atoms with Gasteiger partial charge in [-0.1, -0.05) is 60.7 Å². The Morgan fingerprint density at radius 1 is 0.793 bits per heavy atom. The lowest BCUT2D eigenvalue weighted by Gasteiger charge is -2.40. The van der Waals surface area contributed by atoms with Crippen molar-refractivity contribution in [1.82, 2.24) is 4.90 Å². The Kier molecular flexibility index (Phi) is 6.01. The van der Waals surface area contributed by atoms with E-state index in [0.29, 0.717) is 6.42 Å². The minimum Gasteiger partial charge on any atom is -0.369 e. The van der Waals surface area contributed by atoms with Gasteiger partial charge in [-0.2, -0.15) is 0 Å². The van der Waals surface area contributed by atoms with Crippen LogP contribution in [0.2, 0.25) is 0 Å². The zero-order chi connectivity index (χ0) is 20.1. The molecule has 1 fully saturated rings. The molecule has 0 saturated carbocycles. The average Bonchev–Trinajstić information content (AvgIpc) is 2.79. The molecule has 1 heterocycles. The molecule has 0 aromatic heterocycles. The second kappa shape index (κ2) is 9.01. The van der Waals surface area contributed by atoms with Crippen molar-refractivity contribution in [3.63, 3.8) is 0 Å². The van der Waals surface area contributed by atoms with Gasteiger partial charge in [0.1, 0.15) is 5.82 Å². The summed E-state index contributed by atoms with van der Waals surface area (Å²) in [6, 6.07) is 26.5. The first-order valence-corrected chi connectivity index (χ1v) is 10.1. The van der Waals surface area contributed by atoms with Crippen LogP contribution in [0.1, 0.15) is 28.4 Å². The minimum atomic E-state index is -0.212. The van der Waals surface area contributed by atoms with Gasteiger partial charge < -0.3 is 4.90 Å². The topological polar surface area (TPSA) is 23.6 Å². The SMILES string of the molecule is O=C(C[C@@H](c1ccccc1)N1CCN(c2ccc(F)cc2)CC1)c1ccccc1. The molecular formula is C25H25FN2O. The zero-order valence-corrected chi connectivity index (χ0v) is 16.4. The zero-order valence-electron chi connectivity index (χ0n) is 16.4. The molecule has 148 valence electrons. The maximum absolute atomic E-state index is 13.2. The number of hydrogen-bond acceptors (Lipinski definition) is 3. The molecule has 1 aliphatic rings. The molecule has 3 nitrogen and oxygen atoms in total. The van der Waals surface area contributed by atoms with Crippen LogP contribution in [0.25, 0.3) is 0 Å². The third-order valence-corrected chi connectivity index (χ3v) is 5.61. The van der Waals surface area contributed by atoms with Crippen molar-refractivity contribution in [1.29, 1.82) is 0 Å². The van der Waals surface area contributed by atoms with Gasteiger partial charge in [0, 0.05) is 49.9 Å². The molecule has 29 heavy (non-hydrogen) atoms. The van der Waals surface area contributed by atoms with Crippen LogP contribution in [0, 0.1) is 5.82 Å². The van der Waals surface area contributed by atoms with Crippen LogP contribution in [-0.2, 0) is 0 Å². The van der Waals surface area contributed by atoms with E-state index in [-0.39, 0.29) is 17.6 Å². The fourth-order valence-electron chi connectivity index (χ4n) is 3.99. The van der Waals surface area contributed by atoms with E-state index in [0.717, 1.165) is 37.4 Å². The Hall–Kier alpha value is -2.98. The first-order valence-electron chi connectivity index (χ1n) is 10.1. The van der Waals surface area contributed by atoms with Crippen molar-refractivity contribution in [2.75, 3.05) is 31.1 Å². The lowest BCUT2D eigenvalue weighted by molar-refractivity contribution is 0.0910. The van der Waals surface area contributed by atoms with E-state index < -0.39 is 0 Å². The highest BCUT2D eigenvalue weighted by atomic mass is 19.1. The summed E-state index contributed by atoms with van der Waals surface area (Å²) in [5.41, 5.74) is 2.98. The van der Waals surface area contributed by atoms with Crippen LogP contribution < -0.4 is 4.90 Å². The number of nitrogens with zero attached hydrogens (tertiary/aromatic N) is 2. The van der Waals surface area contributed by atoms with E-state index in [1.165, 1.54) is 17.7 Å². The average molecular weight is 388 g/mol. The number of carbonyl (C=O) groups excluding carboxylic acids is 1. The van der Waals surface area contributed by atoms with E-state index in [2.05, 4.69) is 21.9 Å². The molecule has 3 aromatic rings. The summed E-state index contributed by atoms with van der Waals surface area (Å²) < 4.78 is 13.2. The lowest BCUT2D eigenvalue weighted by atomic mass is 9.96. The summed E-state index contributed by atoms with van der Waals surface area (Å²) in [5.74, 6) is -0.0450. The summed E-state index contributed by atoms with van der Waals surface area (Å²) in [6.07, 6.45) is 0.463. The standard InChI is InChI=1S/C25H25FN2O/c26-22-11-13-23(14-12-22)27-15-17-28(18-16-27)24(20-7-3-1-4-8-20)19-25(29)21-9-5-2-6-10-21/h1-14,24H,15-19H2/t24-/m0/s1. The number of ketones is 1. The number of halogens is 1. The molecule has 1 saturated heterocycles.